The third-order valence-corrected chi connectivity index (χ3v) is 5.18. The van der Waals surface area contributed by atoms with Crippen LogP contribution in [-0.2, 0) is 11.3 Å². The van der Waals surface area contributed by atoms with E-state index in [1.165, 1.54) is 0 Å². The lowest BCUT2D eigenvalue weighted by molar-refractivity contribution is 0.201. The van der Waals surface area contributed by atoms with E-state index in [1.54, 1.807) is 13.3 Å². The topological polar surface area (TPSA) is 100 Å². The molecule has 0 unspecified atom stereocenters. The van der Waals surface area contributed by atoms with Crippen molar-refractivity contribution in [3.8, 4) is 17.5 Å². The molecule has 2 aromatic heterocycles. The minimum absolute atomic E-state index is 0.0681. The van der Waals surface area contributed by atoms with Gasteiger partial charge in [0.1, 0.15) is 5.82 Å². The molecule has 0 bridgehead atoms. The maximum atomic E-state index is 9.14. The zero-order valence-corrected chi connectivity index (χ0v) is 16.9. The van der Waals surface area contributed by atoms with E-state index in [2.05, 4.69) is 26.4 Å². The van der Waals surface area contributed by atoms with Crippen LogP contribution in [0.25, 0.3) is 11.4 Å². The van der Waals surface area contributed by atoms with Gasteiger partial charge in [0, 0.05) is 26.4 Å². The number of nitriles is 1. The Balaban J connectivity index is 1.51. The lowest BCUT2D eigenvalue weighted by Crippen LogP contribution is -2.23. The molecule has 154 valence electrons. The van der Waals surface area contributed by atoms with Gasteiger partial charge in [-0.2, -0.15) is 10.2 Å². The van der Waals surface area contributed by atoms with E-state index in [0.29, 0.717) is 36.2 Å². The summed E-state index contributed by atoms with van der Waals surface area (Å²) in [6, 6.07) is 13.8. The maximum absolute atomic E-state index is 9.14. The van der Waals surface area contributed by atoms with Crippen molar-refractivity contribution in [2.24, 2.45) is 0 Å². The highest BCUT2D eigenvalue weighted by molar-refractivity contribution is 5.69. The van der Waals surface area contributed by atoms with Crippen LogP contribution in [0.3, 0.4) is 0 Å². The smallest absolute Gasteiger partial charge is 0.244 e. The first-order valence-electron chi connectivity index (χ1n) is 10.0. The largest absolute Gasteiger partial charge is 0.383 e. The zero-order valence-electron chi connectivity index (χ0n) is 16.9. The molecular formula is C22H24N6O2. The Bertz CT molecular complexity index is 1030. The highest BCUT2D eigenvalue weighted by Gasteiger charge is 2.31. The molecule has 8 nitrogen and oxygen atoms in total. The number of pyridine rings is 1. The summed E-state index contributed by atoms with van der Waals surface area (Å²) >= 11 is 0. The molecule has 4 rings (SSSR count). The van der Waals surface area contributed by atoms with Crippen LogP contribution in [-0.4, -0.2) is 46.8 Å². The first-order valence-corrected chi connectivity index (χ1v) is 10.0. The summed E-state index contributed by atoms with van der Waals surface area (Å²) in [5.74, 6) is 1.85. The molecule has 1 aromatic carbocycles. The zero-order chi connectivity index (χ0) is 20.8. The number of nitrogens with one attached hydrogen (secondary N) is 1. The fourth-order valence-electron chi connectivity index (χ4n) is 3.75. The van der Waals surface area contributed by atoms with Gasteiger partial charge in [-0.25, -0.2) is 4.98 Å². The van der Waals surface area contributed by atoms with Gasteiger partial charge in [0.25, 0.3) is 0 Å². The Hall–Kier alpha value is -3.28. The highest BCUT2D eigenvalue weighted by atomic mass is 16.5. The van der Waals surface area contributed by atoms with Crippen molar-refractivity contribution in [3.63, 3.8) is 0 Å². The molecule has 0 radical (unpaired) electrons. The van der Waals surface area contributed by atoms with Gasteiger partial charge < -0.3 is 14.6 Å². The normalized spacial score (nSPS) is 16.5. The fourth-order valence-corrected chi connectivity index (χ4v) is 3.75. The van der Waals surface area contributed by atoms with Crippen molar-refractivity contribution in [2.75, 3.05) is 32.1 Å². The SMILES string of the molecule is COCCNc1ncccc1-c1noc([C@@H]2CCCN2Cc2cccc(C#N)c2)n1. The van der Waals surface area contributed by atoms with Crippen molar-refractivity contribution in [1.82, 2.24) is 20.0 Å². The molecular weight excluding hydrogens is 380 g/mol. The van der Waals surface area contributed by atoms with E-state index in [-0.39, 0.29) is 6.04 Å². The lowest BCUT2D eigenvalue weighted by atomic mass is 10.1. The van der Waals surface area contributed by atoms with Crippen LogP contribution < -0.4 is 5.32 Å². The summed E-state index contributed by atoms with van der Waals surface area (Å²) in [7, 11) is 1.66. The van der Waals surface area contributed by atoms with E-state index in [9.17, 15) is 0 Å². The van der Waals surface area contributed by atoms with Gasteiger partial charge in [-0.1, -0.05) is 17.3 Å². The number of ether oxygens (including phenoxy) is 1. The van der Waals surface area contributed by atoms with E-state index in [1.807, 2.05) is 36.4 Å². The number of likely N-dealkylation sites (tertiary alicyclic amines) is 1. The number of rotatable bonds is 8. The van der Waals surface area contributed by atoms with Gasteiger partial charge >= 0.3 is 0 Å². The quantitative estimate of drug-likeness (QED) is 0.570. The van der Waals surface area contributed by atoms with Crippen molar-refractivity contribution in [3.05, 3.63) is 59.6 Å². The molecule has 0 aliphatic carbocycles. The molecule has 0 spiro atoms. The van der Waals surface area contributed by atoms with E-state index >= 15 is 0 Å². The fraction of sp³-hybridized carbons (Fsp3) is 0.364. The van der Waals surface area contributed by atoms with Crippen LogP contribution in [0.15, 0.2) is 47.1 Å². The van der Waals surface area contributed by atoms with Crippen molar-refractivity contribution in [2.45, 2.75) is 25.4 Å². The van der Waals surface area contributed by atoms with Crippen molar-refractivity contribution >= 4 is 5.82 Å². The summed E-state index contributed by atoms with van der Waals surface area (Å²) in [5.41, 5.74) is 2.58. The van der Waals surface area contributed by atoms with Crippen LogP contribution in [0.5, 0.6) is 0 Å². The third-order valence-electron chi connectivity index (χ3n) is 5.18. The number of aromatic nitrogens is 3. The molecule has 0 amide bonds. The Morgan fingerprint density at radius 2 is 2.27 bits per heavy atom. The second-order valence-electron chi connectivity index (χ2n) is 7.22. The van der Waals surface area contributed by atoms with Gasteiger partial charge in [-0.3, -0.25) is 4.90 Å². The second kappa shape index (κ2) is 9.48. The Morgan fingerprint density at radius 3 is 3.13 bits per heavy atom. The summed E-state index contributed by atoms with van der Waals surface area (Å²) < 4.78 is 10.8. The molecule has 1 N–H and O–H groups in total. The molecule has 1 atom stereocenters. The number of hydrogen-bond donors (Lipinski definition) is 1. The van der Waals surface area contributed by atoms with E-state index in [0.717, 1.165) is 37.1 Å². The standard InChI is InChI=1S/C22H24N6O2/c1-29-12-10-25-20-18(7-3-9-24-20)21-26-22(30-27-21)19-8-4-11-28(19)15-17-6-2-5-16(13-17)14-23/h2-3,5-7,9,13,19H,4,8,10-12,15H2,1H3,(H,24,25)/t19-/m0/s1. The average molecular weight is 404 g/mol. The molecule has 3 aromatic rings. The van der Waals surface area contributed by atoms with E-state index in [4.69, 9.17) is 19.5 Å². The van der Waals surface area contributed by atoms with Crippen molar-refractivity contribution < 1.29 is 9.26 Å². The van der Waals surface area contributed by atoms with Gasteiger partial charge in [-0.15, -0.1) is 0 Å². The predicted molar refractivity (Wildman–Crippen MR) is 111 cm³/mol. The number of anilines is 1. The van der Waals surface area contributed by atoms with E-state index < -0.39 is 0 Å². The monoisotopic (exact) mass is 404 g/mol. The Labute approximate surface area is 175 Å². The molecule has 1 fully saturated rings. The first-order chi connectivity index (χ1) is 14.8. The maximum Gasteiger partial charge on any atom is 0.244 e. The van der Waals surface area contributed by atoms with Gasteiger partial charge in [0.2, 0.25) is 11.7 Å². The average Bonchev–Trinajstić information content (AvgIpc) is 3.44. The summed E-state index contributed by atoms with van der Waals surface area (Å²) in [6.07, 6.45) is 3.76. The first kappa shape index (κ1) is 20.0. The van der Waals surface area contributed by atoms with Crippen LogP contribution in [0.2, 0.25) is 0 Å². The second-order valence-corrected chi connectivity index (χ2v) is 7.22. The molecule has 30 heavy (non-hydrogen) atoms. The van der Waals surface area contributed by atoms with Gasteiger partial charge in [0.05, 0.1) is 29.8 Å². The van der Waals surface area contributed by atoms with Crippen LogP contribution >= 0.6 is 0 Å². The summed E-state index contributed by atoms with van der Waals surface area (Å²) in [5, 5.41) is 16.6. The summed E-state index contributed by atoms with van der Waals surface area (Å²) in [6.45, 7) is 2.92. The van der Waals surface area contributed by atoms with Crippen molar-refractivity contribution in [1.29, 1.82) is 5.26 Å². The molecule has 0 saturated carbocycles. The van der Waals surface area contributed by atoms with Gasteiger partial charge in [0.15, 0.2) is 0 Å². The molecule has 8 heteroatoms. The number of benzene rings is 1. The molecule has 3 heterocycles. The number of nitrogens with zero attached hydrogens (tertiary/aromatic N) is 5. The van der Waals surface area contributed by atoms with Gasteiger partial charge in [-0.05, 0) is 49.2 Å². The number of hydrogen-bond acceptors (Lipinski definition) is 8. The predicted octanol–water partition coefficient (Wildman–Crippen LogP) is 3.40. The Kier molecular flexibility index (Phi) is 6.32. The summed E-state index contributed by atoms with van der Waals surface area (Å²) in [4.78, 5) is 11.4. The Morgan fingerprint density at radius 1 is 1.33 bits per heavy atom. The molecule has 1 aliphatic heterocycles. The lowest BCUT2D eigenvalue weighted by Gasteiger charge is -2.21. The van der Waals surface area contributed by atoms with Crippen LogP contribution in [0, 0.1) is 11.3 Å². The molecule has 1 saturated heterocycles. The highest BCUT2D eigenvalue weighted by Crippen LogP contribution is 2.34. The molecule has 1 aliphatic rings. The van der Waals surface area contributed by atoms with Crippen LogP contribution in [0.4, 0.5) is 5.82 Å². The van der Waals surface area contributed by atoms with Crippen LogP contribution in [0.1, 0.15) is 35.9 Å². The minimum Gasteiger partial charge on any atom is -0.383 e. The third kappa shape index (κ3) is 4.48. The number of methoxy groups -OCH3 is 1. The minimum atomic E-state index is 0.0681.